The van der Waals surface area contributed by atoms with Crippen LogP contribution in [0.3, 0.4) is 0 Å². The van der Waals surface area contributed by atoms with Gasteiger partial charge in [0, 0.05) is 18.1 Å². The fraction of sp³-hybridized carbons (Fsp3) is 0.222. The SMILES string of the molecule is NCc1nnc(SCc2ccncc2)o1. The van der Waals surface area contributed by atoms with E-state index in [2.05, 4.69) is 15.2 Å². The van der Waals surface area contributed by atoms with Crippen molar-refractivity contribution in [1.82, 2.24) is 15.2 Å². The van der Waals surface area contributed by atoms with Crippen LogP contribution in [0.25, 0.3) is 0 Å². The molecule has 0 amide bonds. The molecule has 0 aromatic carbocycles. The normalized spacial score (nSPS) is 10.5. The van der Waals surface area contributed by atoms with Gasteiger partial charge in [-0.15, -0.1) is 10.2 Å². The fourth-order valence-corrected chi connectivity index (χ4v) is 1.74. The van der Waals surface area contributed by atoms with E-state index in [-0.39, 0.29) is 6.54 Å². The minimum absolute atomic E-state index is 0.281. The summed E-state index contributed by atoms with van der Waals surface area (Å²) in [5, 5.41) is 8.17. The van der Waals surface area contributed by atoms with Crippen molar-refractivity contribution in [2.75, 3.05) is 0 Å². The molecule has 78 valence electrons. The third kappa shape index (κ3) is 2.77. The summed E-state index contributed by atoms with van der Waals surface area (Å²) >= 11 is 1.49. The number of aromatic nitrogens is 3. The van der Waals surface area contributed by atoms with Crippen LogP contribution in [0, 0.1) is 0 Å². The molecule has 0 bridgehead atoms. The zero-order valence-corrected chi connectivity index (χ0v) is 8.78. The first-order valence-electron chi connectivity index (χ1n) is 4.42. The van der Waals surface area contributed by atoms with Crippen molar-refractivity contribution in [2.24, 2.45) is 5.73 Å². The minimum atomic E-state index is 0.281. The van der Waals surface area contributed by atoms with Gasteiger partial charge >= 0.3 is 0 Å². The van der Waals surface area contributed by atoms with Crippen LogP contribution in [0.5, 0.6) is 0 Å². The van der Waals surface area contributed by atoms with E-state index < -0.39 is 0 Å². The second kappa shape index (κ2) is 4.90. The molecule has 0 unspecified atom stereocenters. The molecule has 15 heavy (non-hydrogen) atoms. The van der Waals surface area contributed by atoms with E-state index in [1.807, 2.05) is 12.1 Å². The van der Waals surface area contributed by atoms with E-state index >= 15 is 0 Å². The summed E-state index contributed by atoms with van der Waals surface area (Å²) in [7, 11) is 0. The van der Waals surface area contributed by atoms with Gasteiger partial charge < -0.3 is 10.2 Å². The molecule has 2 aromatic heterocycles. The number of pyridine rings is 1. The Morgan fingerprint density at radius 3 is 2.73 bits per heavy atom. The van der Waals surface area contributed by atoms with Crippen LogP contribution in [0.15, 0.2) is 34.2 Å². The molecule has 2 heterocycles. The van der Waals surface area contributed by atoms with Crippen LogP contribution in [-0.4, -0.2) is 15.2 Å². The van der Waals surface area contributed by atoms with E-state index in [1.165, 1.54) is 17.3 Å². The first kappa shape index (κ1) is 10.1. The maximum absolute atomic E-state index is 5.36. The van der Waals surface area contributed by atoms with Gasteiger partial charge in [0.2, 0.25) is 5.89 Å². The van der Waals surface area contributed by atoms with Gasteiger partial charge in [0.25, 0.3) is 5.22 Å². The number of thioether (sulfide) groups is 1. The van der Waals surface area contributed by atoms with Gasteiger partial charge in [0.15, 0.2) is 0 Å². The van der Waals surface area contributed by atoms with Gasteiger partial charge in [-0.1, -0.05) is 11.8 Å². The smallest absolute Gasteiger partial charge is 0.276 e. The predicted molar refractivity (Wildman–Crippen MR) is 56.0 cm³/mol. The van der Waals surface area contributed by atoms with Gasteiger partial charge in [-0.25, -0.2) is 0 Å². The van der Waals surface area contributed by atoms with Crippen LogP contribution in [0.1, 0.15) is 11.5 Å². The van der Waals surface area contributed by atoms with E-state index in [9.17, 15) is 0 Å². The molecule has 0 aliphatic carbocycles. The van der Waals surface area contributed by atoms with E-state index in [0.717, 1.165) is 5.75 Å². The predicted octanol–water partition coefficient (Wildman–Crippen LogP) is 1.22. The molecule has 0 fully saturated rings. The van der Waals surface area contributed by atoms with Gasteiger partial charge in [-0.3, -0.25) is 4.98 Å². The van der Waals surface area contributed by atoms with Gasteiger partial charge in [0.1, 0.15) is 0 Å². The lowest BCUT2D eigenvalue weighted by Crippen LogP contribution is -1.95. The maximum atomic E-state index is 5.36. The minimum Gasteiger partial charge on any atom is -0.415 e. The zero-order chi connectivity index (χ0) is 10.5. The van der Waals surface area contributed by atoms with E-state index in [0.29, 0.717) is 11.1 Å². The average Bonchev–Trinajstić information content (AvgIpc) is 2.76. The second-order valence-electron chi connectivity index (χ2n) is 2.81. The third-order valence-electron chi connectivity index (χ3n) is 1.73. The maximum Gasteiger partial charge on any atom is 0.276 e. The number of hydrogen-bond donors (Lipinski definition) is 1. The van der Waals surface area contributed by atoms with Crippen molar-refractivity contribution < 1.29 is 4.42 Å². The molecule has 5 nitrogen and oxygen atoms in total. The molecule has 0 atom stereocenters. The Hall–Kier alpha value is -1.40. The highest BCUT2D eigenvalue weighted by Gasteiger charge is 2.04. The van der Waals surface area contributed by atoms with Crippen molar-refractivity contribution in [2.45, 2.75) is 17.5 Å². The van der Waals surface area contributed by atoms with E-state index in [1.54, 1.807) is 12.4 Å². The first-order valence-corrected chi connectivity index (χ1v) is 5.41. The molecular formula is C9H10N4OS. The third-order valence-corrected chi connectivity index (χ3v) is 2.62. The molecule has 2 N–H and O–H groups in total. The highest BCUT2D eigenvalue weighted by atomic mass is 32.2. The van der Waals surface area contributed by atoms with Crippen LogP contribution in [-0.2, 0) is 12.3 Å². The summed E-state index contributed by atoms with van der Waals surface area (Å²) in [6, 6.07) is 3.90. The lowest BCUT2D eigenvalue weighted by atomic mass is 10.3. The Morgan fingerprint density at radius 2 is 2.07 bits per heavy atom. The number of hydrogen-bond acceptors (Lipinski definition) is 6. The Labute approximate surface area is 91.1 Å². The van der Waals surface area contributed by atoms with Gasteiger partial charge in [-0.05, 0) is 17.7 Å². The van der Waals surface area contributed by atoms with Crippen molar-refractivity contribution in [3.05, 3.63) is 36.0 Å². The standard InChI is InChI=1S/C9H10N4OS/c10-5-8-12-13-9(14-8)15-6-7-1-3-11-4-2-7/h1-4H,5-6,10H2. The van der Waals surface area contributed by atoms with Crippen LogP contribution in [0.2, 0.25) is 0 Å². The van der Waals surface area contributed by atoms with Crippen LogP contribution < -0.4 is 5.73 Å². The first-order chi connectivity index (χ1) is 7.38. The van der Waals surface area contributed by atoms with Crippen molar-refractivity contribution in [1.29, 1.82) is 0 Å². The Balaban J connectivity index is 1.93. The van der Waals surface area contributed by atoms with Crippen molar-refractivity contribution in [3.63, 3.8) is 0 Å². The van der Waals surface area contributed by atoms with E-state index in [4.69, 9.17) is 10.2 Å². The fourth-order valence-electron chi connectivity index (χ4n) is 1.00. The number of nitrogens with zero attached hydrogens (tertiary/aromatic N) is 3. The summed E-state index contributed by atoms with van der Waals surface area (Å²) in [5.74, 6) is 1.25. The molecule has 0 radical (unpaired) electrons. The molecule has 0 saturated heterocycles. The highest BCUT2D eigenvalue weighted by molar-refractivity contribution is 7.98. The Morgan fingerprint density at radius 1 is 1.27 bits per heavy atom. The summed E-state index contributed by atoms with van der Waals surface area (Å²) in [6.07, 6.45) is 3.52. The van der Waals surface area contributed by atoms with Gasteiger partial charge in [-0.2, -0.15) is 0 Å². The lowest BCUT2D eigenvalue weighted by Gasteiger charge is -1.95. The summed E-state index contributed by atoms with van der Waals surface area (Å²) in [6.45, 7) is 0.281. The number of rotatable bonds is 4. The van der Waals surface area contributed by atoms with Crippen LogP contribution >= 0.6 is 11.8 Å². The van der Waals surface area contributed by atoms with Gasteiger partial charge in [0.05, 0.1) is 6.54 Å². The molecule has 0 spiro atoms. The molecule has 2 aromatic rings. The summed E-state index contributed by atoms with van der Waals surface area (Å²) in [5.41, 5.74) is 6.53. The highest BCUT2D eigenvalue weighted by Crippen LogP contribution is 2.20. The summed E-state index contributed by atoms with van der Waals surface area (Å²) in [4.78, 5) is 3.94. The largest absolute Gasteiger partial charge is 0.415 e. The Bertz CT molecular complexity index is 417. The summed E-state index contributed by atoms with van der Waals surface area (Å²) < 4.78 is 5.25. The molecular weight excluding hydrogens is 212 g/mol. The molecule has 2 rings (SSSR count). The van der Waals surface area contributed by atoms with Crippen molar-refractivity contribution in [3.8, 4) is 0 Å². The quantitative estimate of drug-likeness (QED) is 0.783. The monoisotopic (exact) mass is 222 g/mol. The molecule has 0 saturated carbocycles. The van der Waals surface area contributed by atoms with Crippen molar-refractivity contribution >= 4 is 11.8 Å². The molecule has 0 aliphatic rings. The van der Waals surface area contributed by atoms with Crippen LogP contribution in [0.4, 0.5) is 0 Å². The Kier molecular flexibility index (Phi) is 3.31. The second-order valence-corrected chi connectivity index (χ2v) is 3.74. The lowest BCUT2D eigenvalue weighted by molar-refractivity contribution is 0.415. The topological polar surface area (TPSA) is 77.8 Å². The average molecular weight is 222 g/mol. The zero-order valence-electron chi connectivity index (χ0n) is 7.96. The molecule has 6 heteroatoms. The molecule has 0 aliphatic heterocycles. The number of nitrogens with two attached hydrogens (primary N) is 1.